The summed E-state index contributed by atoms with van der Waals surface area (Å²) in [4.78, 5) is 28.7. The Hall–Kier alpha value is -4.27. The number of benzene rings is 4. The maximum absolute atomic E-state index is 14.3. The number of fused-ring (bicyclic) bond motifs is 3. The molecule has 0 aromatic heterocycles. The van der Waals surface area contributed by atoms with Crippen LogP contribution in [0.1, 0.15) is 43.0 Å². The first-order valence-corrected chi connectivity index (χ1v) is 20.1. The first-order valence-electron chi connectivity index (χ1n) is 14.3. The van der Waals surface area contributed by atoms with E-state index < -0.39 is 16.6 Å². The molecule has 0 fully saturated rings. The van der Waals surface area contributed by atoms with Gasteiger partial charge in [-0.1, -0.05) is 108 Å². The summed E-state index contributed by atoms with van der Waals surface area (Å²) in [6, 6.07) is 31.6. The topological polar surface area (TPSA) is 52.6 Å². The van der Waals surface area contributed by atoms with Crippen LogP contribution in [0.15, 0.2) is 108 Å². The van der Waals surface area contributed by atoms with Gasteiger partial charge in [0.15, 0.2) is 11.6 Å². The van der Waals surface area contributed by atoms with Gasteiger partial charge in [0.25, 0.3) is 16.6 Å². The highest BCUT2D eigenvalue weighted by molar-refractivity contribution is 6.85. The van der Waals surface area contributed by atoms with E-state index in [2.05, 4.69) is 88.6 Å². The highest BCUT2D eigenvalue weighted by Crippen LogP contribution is 2.46. The maximum Gasteiger partial charge on any atom is 0.276 e. The Kier molecular flexibility index (Phi) is 6.79. The van der Waals surface area contributed by atoms with Crippen molar-refractivity contribution in [2.75, 3.05) is 0 Å². The average Bonchev–Trinajstić information content (AvgIpc) is 2.97. The molecule has 4 nitrogen and oxygen atoms in total. The first-order chi connectivity index (χ1) is 20.0. The Bertz CT molecular complexity index is 1680. The van der Waals surface area contributed by atoms with E-state index in [-0.39, 0.29) is 11.6 Å². The van der Waals surface area contributed by atoms with Gasteiger partial charge < -0.3 is 8.85 Å². The largest absolute Gasteiger partial charge is 0.539 e. The van der Waals surface area contributed by atoms with Gasteiger partial charge in [0.2, 0.25) is 0 Å². The van der Waals surface area contributed by atoms with Crippen LogP contribution >= 0.6 is 0 Å². The number of aryl methyl sites for hydroxylation is 2. The Morgan fingerprint density at radius 2 is 0.762 bits per heavy atom. The molecule has 0 amide bonds. The smallest absolute Gasteiger partial charge is 0.276 e. The Balaban J connectivity index is 1.61. The minimum absolute atomic E-state index is 0.214. The van der Waals surface area contributed by atoms with Crippen molar-refractivity contribution in [1.29, 1.82) is 0 Å². The molecule has 6 heteroatoms. The Morgan fingerprint density at radius 1 is 0.452 bits per heavy atom. The highest BCUT2D eigenvalue weighted by Gasteiger charge is 2.45. The van der Waals surface area contributed by atoms with Crippen molar-refractivity contribution in [3.05, 3.63) is 142 Å². The number of hydrogen-bond acceptors (Lipinski definition) is 4. The van der Waals surface area contributed by atoms with Gasteiger partial charge >= 0.3 is 0 Å². The van der Waals surface area contributed by atoms with Crippen molar-refractivity contribution in [3.8, 4) is 0 Å². The molecule has 0 saturated heterocycles. The van der Waals surface area contributed by atoms with E-state index in [1.165, 1.54) is 11.1 Å². The standard InChI is InChI=1S/C36H34O4Si2/c1-23-15-19-25(20-16-23)41(3,4)39-35-29-13-9-7-11-27(29)34(38)32-31(35)33(37)28-12-8-10-14-30(28)36(32)40-42(5,6)26-21-17-24(2)18-22-26/h7-22H,1-6H3. The molecule has 0 radical (unpaired) electrons. The zero-order valence-corrected chi connectivity index (χ0v) is 26.9. The molecule has 0 spiro atoms. The fourth-order valence-corrected chi connectivity index (χ4v) is 9.33. The lowest BCUT2D eigenvalue weighted by Gasteiger charge is -2.36. The first kappa shape index (κ1) is 27.9. The molecule has 0 heterocycles. The molecule has 0 aliphatic heterocycles. The second-order valence-electron chi connectivity index (χ2n) is 12.1. The van der Waals surface area contributed by atoms with Crippen LogP contribution in [0.25, 0.3) is 11.5 Å². The van der Waals surface area contributed by atoms with Crippen LogP contribution in [0.4, 0.5) is 0 Å². The average molecular weight is 587 g/mol. The molecule has 2 aliphatic rings. The second kappa shape index (κ2) is 10.2. The van der Waals surface area contributed by atoms with Crippen molar-refractivity contribution in [2.45, 2.75) is 40.0 Å². The number of rotatable bonds is 6. The van der Waals surface area contributed by atoms with E-state index in [0.717, 1.165) is 10.4 Å². The van der Waals surface area contributed by atoms with Crippen molar-refractivity contribution in [3.63, 3.8) is 0 Å². The van der Waals surface area contributed by atoms with E-state index in [9.17, 15) is 9.59 Å². The quantitative estimate of drug-likeness (QED) is 0.227. The van der Waals surface area contributed by atoms with Crippen LogP contribution in [-0.4, -0.2) is 28.2 Å². The third-order valence-corrected chi connectivity index (χ3v) is 13.1. The van der Waals surface area contributed by atoms with Crippen LogP contribution in [-0.2, 0) is 8.85 Å². The lowest BCUT2D eigenvalue weighted by atomic mass is 9.76. The fraction of sp³-hybridized carbons (Fsp3) is 0.167. The van der Waals surface area contributed by atoms with Crippen LogP contribution in [0.5, 0.6) is 0 Å². The van der Waals surface area contributed by atoms with Crippen molar-refractivity contribution < 1.29 is 18.4 Å². The molecular weight excluding hydrogens is 553 g/mol. The molecule has 2 aliphatic carbocycles. The predicted molar refractivity (Wildman–Crippen MR) is 174 cm³/mol. The Morgan fingerprint density at radius 3 is 1.10 bits per heavy atom. The van der Waals surface area contributed by atoms with Crippen LogP contribution in [0.2, 0.25) is 26.2 Å². The van der Waals surface area contributed by atoms with Crippen molar-refractivity contribution in [1.82, 2.24) is 0 Å². The van der Waals surface area contributed by atoms with Crippen molar-refractivity contribution >= 4 is 50.1 Å². The number of ketones is 2. The molecule has 0 saturated carbocycles. The lowest BCUT2D eigenvalue weighted by Crippen LogP contribution is -2.46. The fourth-order valence-electron chi connectivity index (χ4n) is 5.71. The second-order valence-corrected chi connectivity index (χ2v) is 19.7. The number of carbonyl (C=O) groups is 2. The molecule has 42 heavy (non-hydrogen) atoms. The molecule has 0 N–H and O–H groups in total. The monoisotopic (exact) mass is 586 g/mol. The molecule has 0 atom stereocenters. The summed E-state index contributed by atoms with van der Waals surface area (Å²) in [6.45, 7) is 12.6. The number of Topliss-reactive ketones (excluding diaryl/α,β-unsaturated/α-hetero) is 2. The molecule has 0 unspecified atom stereocenters. The van der Waals surface area contributed by atoms with Gasteiger partial charge in [-0.15, -0.1) is 0 Å². The SMILES string of the molecule is Cc1ccc([Si](C)(C)OC2=C3C(=O)c4ccccc4C(O[Si](C)(C)c4ccc(C)cc4)=C3C(=O)c3ccccc32)cc1. The minimum atomic E-state index is -2.58. The summed E-state index contributed by atoms with van der Waals surface area (Å²) in [5, 5.41) is 2.21. The van der Waals surface area contributed by atoms with Gasteiger partial charge in [-0.3, -0.25) is 9.59 Å². The van der Waals surface area contributed by atoms with E-state index in [1.54, 1.807) is 0 Å². The number of allylic oxidation sites excluding steroid dienone is 2. The van der Waals surface area contributed by atoms with E-state index in [1.807, 2.05) is 48.5 Å². The van der Waals surface area contributed by atoms with Gasteiger partial charge in [0.05, 0.1) is 11.1 Å². The Labute approximate surface area is 249 Å². The van der Waals surface area contributed by atoms with Gasteiger partial charge in [-0.25, -0.2) is 0 Å². The minimum Gasteiger partial charge on any atom is -0.539 e. The summed E-state index contributed by atoms with van der Waals surface area (Å²) >= 11 is 0. The molecule has 6 rings (SSSR count). The summed E-state index contributed by atoms with van der Waals surface area (Å²) in [6.07, 6.45) is 0. The van der Waals surface area contributed by atoms with Gasteiger partial charge in [-0.2, -0.15) is 0 Å². The zero-order valence-electron chi connectivity index (χ0n) is 24.9. The van der Waals surface area contributed by atoms with Crippen molar-refractivity contribution in [2.24, 2.45) is 0 Å². The zero-order chi connectivity index (χ0) is 29.8. The normalized spacial score (nSPS) is 14.8. The van der Waals surface area contributed by atoms with Crippen LogP contribution < -0.4 is 10.4 Å². The third-order valence-electron chi connectivity index (χ3n) is 8.20. The van der Waals surface area contributed by atoms with E-state index in [0.29, 0.717) is 44.9 Å². The lowest BCUT2D eigenvalue weighted by molar-refractivity contribution is 0.0988. The molecule has 4 aromatic carbocycles. The molecule has 0 bridgehead atoms. The van der Waals surface area contributed by atoms with Gasteiger partial charge in [0.1, 0.15) is 11.5 Å². The van der Waals surface area contributed by atoms with E-state index >= 15 is 0 Å². The summed E-state index contributed by atoms with van der Waals surface area (Å²) in [7, 11) is -5.16. The highest BCUT2D eigenvalue weighted by atomic mass is 28.4. The van der Waals surface area contributed by atoms with Gasteiger partial charge in [0, 0.05) is 22.3 Å². The predicted octanol–water partition coefficient (Wildman–Crippen LogP) is 7.08. The number of carbonyl (C=O) groups excluding carboxylic acids is 2. The molecule has 4 aromatic rings. The third kappa shape index (κ3) is 4.70. The molecule has 210 valence electrons. The summed E-state index contributed by atoms with van der Waals surface area (Å²) < 4.78 is 14.0. The maximum atomic E-state index is 14.3. The molecular formula is C36H34O4Si2. The van der Waals surface area contributed by atoms with Gasteiger partial charge in [-0.05, 0) is 50.4 Å². The summed E-state index contributed by atoms with van der Waals surface area (Å²) in [5.41, 5.74) is 5.28. The number of hydrogen-bond donors (Lipinski definition) is 0. The van der Waals surface area contributed by atoms with E-state index in [4.69, 9.17) is 8.85 Å². The van der Waals surface area contributed by atoms with Crippen LogP contribution in [0.3, 0.4) is 0 Å². The summed E-state index contributed by atoms with van der Waals surface area (Å²) in [5.74, 6) is 0.504. The van der Waals surface area contributed by atoms with Crippen LogP contribution in [0, 0.1) is 13.8 Å².